The Morgan fingerprint density at radius 1 is 1.37 bits per heavy atom. The number of aromatic nitrogens is 2. The molecule has 1 N–H and O–H groups in total. The molecule has 19 heavy (non-hydrogen) atoms. The lowest BCUT2D eigenvalue weighted by Gasteiger charge is -2.18. The van der Waals surface area contributed by atoms with Crippen LogP contribution in [0.2, 0.25) is 0 Å². The van der Waals surface area contributed by atoms with Gasteiger partial charge < -0.3 is 14.3 Å². The van der Waals surface area contributed by atoms with E-state index in [2.05, 4.69) is 34.8 Å². The van der Waals surface area contributed by atoms with Gasteiger partial charge in [0, 0.05) is 24.5 Å². The van der Waals surface area contributed by atoms with Gasteiger partial charge in [0.05, 0.1) is 6.04 Å². The first-order valence-electron chi connectivity index (χ1n) is 6.98. The Kier molecular flexibility index (Phi) is 4.43. The summed E-state index contributed by atoms with van der Waals surface area (Å²) in [5.74, 6) is 2.98. The molecule has 0 aromatic carbocycles. The summed E-state index contributed by atoms with van der Waals surface area (Å²) in [6.07, 6.45) is 5.02. The normalized spacial score (nSPS) is 12.8. The highest BCUT2D eigenvalue weighted by atomic mass is 16.3. The van der Waals surface area contributed by atoms with E-state index in [0.717, 1.165) is 36.9 Å². The van der Waals surface area contributed by atoms with E-state index < -0.39 is 0 Å². The Bertz CT molecular complexity index is 527. The van der Waals surface area contributed by atoms with E-state index in [1.165, 1.54) is 5.56 Å². The van der Waals surface area contributed by atoms with Crippen molar-refractivity contribution in [2.75, 3.05) is 6.54 Å². The molecule has 2 heterocycles. The van der Waals surface area contributed by atoms with E-state index >= 15 is 0 Å². The summed E-state index contributed by atoms with van der Waals surface area (Å²) in [4.78, 5) is 4.54. The van der Waals surface area contributed by atoms with Crippen molar-refractivity contribution in [2.45, 2.75) is 46.7 Å². The largest absolute Gasteiger partial charge is 0.466 e. The fourth-order valence-electron chi connectivity index (χ4n) is 2.49. The maximum Gasteiger partial charge on any atom is 0.130 e. The number of hydrogen-bond donors (Lipinski definition) is 1. The van der Waals surface area contributed by atoms with Gasteiger partial charge in [-0.3, -0.25) is 0 Å². The Morgan fingerprint density at radius 3 is 2.74 bits per heavy atom. The molecule has 0 fully saturated rings. The minimum Gasteiger partial charge on any atom is -0.466 e. The van der Waals surface area contributed by atoms with Crippen LogP contribution >= 0.6 is 0 Å². The minimum absolute atomic E-state index is 0.101. The van der Waals surface area contributed by atoms with E-state index in [4.69, 9.17) is 4.42 Å². The fourth-order valence-corrected chi connectivity index (χ4v) is 2.49. The lowest BCUT2D eigenvalue weighted by atomic mass is 10.1. The van der Waals surface area contributed by atoms with E-state index in [1.54, 1.807) is 0 Å². The SMILES string of the molecule is CCCn1ccnc1C(NCC)c1cc(C)oc1C. The molecular weight excluding hydrogens is 238 g/mol. The second kappa shape index (κ2) is 6.06. The highest BCUT2D eigenvalue weighted by Gasteiger charge is 2.22. The highest BCUT2D eigenvalue weighted by Crippen LogP contribution is 2.26. The van der Waals surface area contributed by atoms with Gasteiger partial charge >= 0.3 is 0 Å². The standard InChI is InChI=1S/C15H23N3O/c1-5-8-18-9-7-17-15(18)14(16-6-2)13-10-11(3)19-12(13)4/h7,9-10,14,16H,5-6,8H2,1-4H3. The van der Waals surface area contributed by atoms with Crippen molar-refractivity contribution in [2.24, 2.45) is 0 Å². The number of hydrogen-bond acceptors (Lipinski definition) is 3. The number of nitrogens with zero attached hydrogens (tertiary/aromatic N) is 2. The summed E-state index contributed by atoms with van der Waals surface area (Å²) in [6, 6.07) is 2.21. The number of rotatable bonds is 6. The van der Waals surface area contributed by atoms with Gasteiger partial charge in [-0.15, -0.1) is 0 Å². The molecule has 4 nitrogen and oxygen atoms in total. The molecular formula is C15H23N3O. The number of imidazole rings is 1. The fraction of sp³-hybridized carbons (Fsp3) is 0.533. The smallest absolute Gasteiger partial charge is 0.130 e. The monoisotopic (exact) mass is 261 g/mol. The quantitative estimate of drug-likeness (QED) is 0.868. The lowest BCUT2D eigenvalue weighted by molar-refractivity contribution is 0.487. The zero-order chi connectivity index (χ0) is 13.8. The molecule has 0 aliphatic heterocycles. The van der Waals surface area contributed by atoms with Gasteiger partial charge in [-0.1, -0.05) is 13.8 Å². The molecule has 0 saturated heterocycles. The number of aryl methyl sites for hydroxylation is 3. The van der Waals surface area contributed by atoms with Crippen molar-refractivity contribution in [3.05, 3.63) is 41.4 Å². The molecule has 4 heteroatoms. The molecule has 0 bridgehead atoms. The molecule has 0 radical (unpaired) electrons. The minimum atomic E-state index is 0.101. The second-order valence-corrected chi connectivity index (χ2v) is 4.84. The molecule has 0 aliphatic carbocycles. The third kappa shape index (κ3) is 2.89. The van der Waals surface area contributed by atoms with E-state index in [0.29, 0.717) is 0 Å². The van der Waals surface area contributed by atoms with E-state index in [9.17, 15) is 0 Å². The summed E-state index contributed by atoms with van der Waals surface area (Å²) >= 11 is 0. The van der Waals surface area contributed by atoms with Crippen molar-refractivity contribution in [3.63, 3.8) is 0 Å². The van der Waals surface area contributed by atoms with Crippen molar-refractivity contribution >= 4 is 0 Å². The second-order valence-electron chi connectivity index (χ2n) is 4.84. The van der Waals surface area contributed by atoms with Gasteiger partial charge in [0.1, 0.15) is 17.3 Å². The predicted molar refractivity (Wildman–Crippen MR) is 76.2 cm³/mol. The molecule has 0 aliphatic rings. The maximum absolute atomic E-state index is 5.66. The topological polar surface area (TPSA) is 43.0 Å². The Balaban J connectivity index is 2.39. The Labute approximate surface area is 114 Å². The summed E-state index contributed by atoms with van der Waals surface area (Å²) < 4.78 is 7.88. The molecule has 0 amide bonds. The third-order valence-corrected chi connectivity index (χ3v) is 3.27. The lowest BCUT2D eigenvalue weighted by Crippen LogP contribution is -2.25. The van der Waals surface area contributed by atoms with Crippen LogP contribution in [0.4, 0.5) is 0 Å². The average Bonchev–Trinajstić information content (AvgIpc) is 2.94. The van der Waals surface area contributed by atoms with Crippen LogP contribution in [0, 0.1) is 13.8 Å². The zero-order valence-electron chi connectivity index (χ0n) is 12.2. The molecule has 2 rings (SSSR count). The average molecular weight is 261 g/mol. The van der Waals surface area contributed by atoms with Crippen LogP contribution in [-0.4, -0.2) is 16.1 Å². The van der Waals surface area contributed by atoms with Gasteiger partial charge in [-0.2, -0.15) is 0 Å². The summed E-state index contributed by atoms with van der Waals surface area (Å²) in [6.45, 7) is 10.2. The van der Waals surface area contributed by atoms with Gasteiger partial charge in [0.15, 0.2) is 0 Å². The van der Waals surface area contributed by atoms with Crippen LogP contribution in [0.5, 0.6) is 0 Å². The number of furan rings is 1. The first-order chi connectivity index (χ1) is 9.17. The first-order valence-corrected chi connectivity index (χ1v) is 6.98. The van der Waals surface area contributed by atoms with Crippen LogP contribution in [-0.2, 0) is 6.54 Å². The first kappa shape index (κ1) is 13.9. The van der Waals surface area contributed by atoms with Crippen LogP contribution in [0.15, 0.2) is 22.9 Å². The molecule has 0 saturated carbocycles. The van der Waals surface area contributed by atoms with Crippen molar-refractivity contribution < 1.29 is 4.42 Å². The Hall–Kier alpha value is -1.55. The van der Waals surface area contributed by atoms with Crippen molar-refractivity contribution in [1.29, 1.82) is 0 Å². The van der Waals surface area contributed by atoms with Crippen molar-refractivity contribution in [3.8, 4) is 0 Å². The van der Waals surface area contributed by atoms with Crippen molar-refractivity contribution in [1.82, 2.24) is 14.9 Å². The van der Waals surface area contributed by atoms with Crippen LogP contribution in [0.25, 0.3) is 0 Å². The third-order valence-electron chi connectivity index (χ3n) is 3.27. The van der Waals surface area contributed by atoms with Crippen LogP contribution in [0.3, 0.4) is 0 Å². The molecule has 2 aromatic rings. The van der Waals surface area contributed by atoms with Gasteiger partial charge in [0.25, 0.3) is 0 Å². The maximum atomic E-state index is 5.66. The van der Waals surface area contributed by atoms with Gasteiger partial charge in [-0.25, -0.2) is 4.98 Å². The van der Waals surface area contributed by atoms with Crippen LogP contribution in [0.1, 0.15) is 49.2 Å². The predicted octanol–water partition coefficient (Wildman–Crippen LogP) is 3.20. The summed E-state index contributed by atoms with van der Waals surface area (Å²) in [7, 11) is 0. The number of nitrogens with one attached hydrogen (secondary N) is 1. The molecule has 104 valence electrons. The van der Waals surface area contributed by atoms with Gasteiger partial charge in [-0.05, 0) is 32.9 Å². The Morgan fingerprint density at radius 2 is 2.16 bits per heavy atom. The van der Waals surface area contributed by atoms with E-state index in [-0.39, 0.29) is 6.04 Å². The summed E-state index contributed by atoms with van der Waals surface area (Å²) in [5, 5.41) is 3.51. The zero-order valence-corrected chi connectivity index (χ0v) is 12.2. The molecule has 0 spiro atoms. The molecule has 1 atom stereocenters. The molecule has 1 unspecified atom stereocenters. The van der Waals surface area contributed by atoms with E-state index in [1.807, 2.05) is 26.2 Å². The van der Waals surface area contributed by atoms with Crippen LogP contribution < -0.4 is 5.32 Å². The highest BCUT2D eigenvalue weighted by molar-refractivity contribution is 5.29. The molecule has 2 aromatic heterocycles. The summed E-state index contributed by atoms with van der Waals surface area (Å²) in [5.41, 5.74) is 1.18. The van der Waals surface area contributed by atoms with Gasteiger partial charge in [0.2, 0.25) is 0 Å².